The molecule has 124 valence electrons. The quantitative estimate of drug-likeness (QED) is 0.748. The van der Waals surface area contributed by atoms with Crippen molar-refractivity contribution in [3.8, 4) is 5.75 Å². The number of nitrogens with zero attached hydrogens (tertiary/aromatic N) is 1. The number of rotatable bonds is 4. The Morgan fingerprint density at radius 2 is 1.83 bits per heavy atom. The summed E-state index contributed by atoms with van der Waals surface area (Å²) in [5.74, 6) is 0.482. The average Bonchev–Trinajstić information content (AvgIpc) is 2.61. The fraction of sp³-hybridized carbons (Fsp3) is 0.222. The Bertz CT molecular complexity index is 746. The lowest BCUT2D eigenvalue weighted by Gasteiger charge is -2.29. The van der Waals surface area contributed by atoms with Crippen LogP contribution in [0.2, 0.25) is 0 Å². The first-order valence-corrected chi connectivity index (χ1v) is 8.79. The predicted molar refractivity (Wildman–Crippen MR) is 101 cm³/mol. The first-order valence-electron chi connectivity index (χ1n) is 7.71. The monoisotopic (exact) mass is 436 g/mol. The number of ether oxygens (including phenoxy) is 1. The highest BCUT2D eigenvalue weighted by atomic mass is 127. The van der Waals surface area contributed by atoms with E-state index in [2.05, 4.69) is 27.9 Å². The molecular formula is C18H17IN2O3. The number of nitrogens with one attached hydrogen (secondary N) is 1. The summed E-state index contributed by atoms with van der Waals surface area (Å²) in [6.45, 7) is 0.978. The van der Waals surface area contributed by atoms with Gasteiger partial charge in [-0.15, -0.1) is 0 Å². The van der Waals surface area contributed by atoms with Crippen LogP contribution in [-0.2, 0) is 9.59 Å². The Balaban J connectivity index is 1.56. The van der Waals surface area contributed by atoms with E-state index >= 15 is 0 Å². The summed E-state index contributed by atoms with van der Waals surface area (Å²) in [5.41, 5.74) is 1.51. The van der Waals surface area contributed by atoms with Crippen LogP contribution < -0.4 is 15.0 Å². The molecular weight excluding hydrogens is 419 g/mol. The van der Waals surface area contributed by atoms with Crippen LogP contribution >= 0.6 is 22.6 Å². The number of hydrogen-bond acceptors (Lipinski definition) is 3. The van der Waals surface area contributed by atoms with Crippen molar-refractivity contribution < 1.29 is 14.3 Å². The predicted octanol–water partition coefficient (Wildman–Crippen LogP) is 3.44. The second-order valence-electron chi connectivity index (χ2n) is 5.42. The van der Waals surface area contributed by atoms with Gasteiger partial charge in [0.05, 0.1) is 12.2 Å². The third-order valence-electron chi connectivity index (χ3n) is 3.72. The minimum atomic E-state index is -0.161. The summed E-state index contributed by atoms with van der Waals surface area (Å²) in [4.78, 5) is 26.2. The van der Waals surface area contributed by atoms with Crippen LogP contribution in [0.5, 0.6) is 5.75 Å². The number of benzene rings is 2. The first-order chi connectivity index (χ1) is 11.6. The van der Waals surface area contributed by atoms with Crippen LogP contribution in [0.25, 0.3) is 0 Å². The molecule has 2 aromatic rings. The summed E-state index contributed by atoms with van der Waals surface area (Å²) in [5, 5.41) is 2.81. The van der Waals surface area contributed by atoms with Gasteiger partial charge in [0.2, 0.25) is 11.8 Å². The fourth-order valence-corrected chi connectivity index (χ4v) is 2.90. The summed E-state index contributed by atoms with van der Waals surface area (Å²) < 4.78 is 6.65. The minimum absolute atomic E-state index is 0.0662. The van der Waals surface area contributed by atoms with Crippen molar-refractivity contribution in [1.82, 2.24) is 0 Å². The van der Waals surface area contributed by atoms with Gasteiger partial charge in [0.25, 0.3) is 0 Å². The van der Waals surface area contributed by atoms with E-state index in [0.717, 1.165) is 14.9 Å². The number of para-hydroxylation sites is 2. The third kappa shape index (κ3) is 4.05. The van der Waals surface area contributed by atoms with Crippen molar-refractivity contribution >= 4 is 45.8 Å². The molecule has 0 aromatic heterocycles. The summed E-state index contributed by atoms with van der Waals surface area (Å²) in [7, 11) is 0. The number of halogens is 1. The molecule has 0 spiro atoms. The zero-order chi connectivity index (χ0) is 16.9. The zero-order valence-electron chi connectivity index (χ0n) is 13.0. The van der Waals surface area contributed by atoms with Gasteiger partial charge in [0, 0.05) is 22.1 Å². The van der Waals surface area contributed by atoms with Gasteiger partial charge in [-0.1, -0.05) is 12.1 Å². The maximum atomic E-state index is 12.5. The van der Waals surface area contributed by atoms with Gasteiger partial charge in [-0.2, -0.15) is 0 Å². The van der Waals surface area contributed by atoms with Crippen LogP contribution in [-0.4, -0.2) is 25.0 Å². The molecule has 1 N–H and O–H groups in total. The van der Waals surface area contributed by atoms with Gasteiger partial charge in [-0.3, -0.25) is 9.59 Å². The van der Waals surface area contributed by atoms with Crippen LogP contribution in [0.3, 0.4) is 0 Å². The summed E-state index contributed by atoms with van der Waals surface area (Å²) >= 11 is 2.21. The van der Waals surface area contributed by atoms with Crippen LogP contribution in [0, 0.1) is 3.57 Å². The van der Waals surface area contributed by atoms with E-state index < -0.39 is 0 Å². The number of carbonyl (C=O) groups is 2. The SMILES string of the molecule is O=C(CCC(=O)N1CCOc2ccccc21)Nc1ccc(I)cc1. The molecule has 3 rings (SSSR count). The molecule has 5 nitrogen and oxygen atoms in total. The maximum absolute atomic E-state index is 12.5. The highest BCUT2D eigenvalue weighted by Gasteiger charge is 2.23. The fourth-order valence-electron chi connectivity index (χ4n) is 2.54. The molecule has 1 aliphatic heterocycles. The smallest absolute Gasteiger partial charge is 0.227 e. The van der Waals surface area contributed by atoms with Crippen LogP contribution in [0.15, 0.2) is 48.5 Å². The lowest BCUT2D eigenvalue weighted by Crippen LogP contribution is -2.38. The molecule has 0 unspecified atom stereocenters. The summed E-state index contributed by atoms with van der Waals surface area (Å²) in [6, 6.07) is 15.0. The number of hydrogen-bond donors (Lipinski definition) is 1. The Hall–Kier alpha value is -2.09. The molecule has 0 saturated carbocycles. The largest absolute Gasteiger partial charge is 0.490 e. The minimum Gasteiger partial charge on any atom is -0.490 e. The number of anilines is 2. The molecule has 0 radical (unpaired) electrons. The molecule has 1 heterocycles. The van der Waals surface area contributed by atoms with E-state index in [1.54, 1.807) is 4.90 Å². The van der Waals surface area contributed by atoms with Crippen LogP contribution in [0.1, 0.15) is 12.8 Å². The maximum Gasteiger partial charge on any atom is 0.227 e. The standard InChI is InChI=1S/C18H17IN2O3/c19-13-5-7-14(8-6-13)20-17(22)9-10-18(23)21-11-12-24-16-4-2-1-3-15(16)21/h1-8H,9-12H2,(H,20,22). The second kappa shape index (κ2) is 7.65. The number of fused-ring (bicyclic) bond motifs is 1. The Morgan fingerprint density at radius 3 is 2.62 bits per heavy atom. The van der Waals surface area contributed by atoms with Crippen LogP contribution in [0.4, 0.5) is 11.4 Å². The van der Waals surface area contributed by atoms with Crippen molar-refractivity contribution in [2.75, 3.05) is 23.4 Å². The molecule has 2 amide bonds. The molecule has 24 heavy (non-hydrogen) atoms. The lowest BCUT2D eigenvalue weighted by molar-refractivity contribution is -0.122. The topological polar surface area (TPSA) is 58.6 Å². The molecule has 1 aliphatic rings. The Labute approximate surface area is 154 Å². The molecule has 0 fully saturated rings. The number of carbonyl (C=O) groups excluding carboxylic acids is 2. The van der Waals surface area contributed by atoms with E-state index in [4.69, 9.17) is 4.74 Å². The second-order valence-corrected chi connectivity index (χ2v) is 6.66. The van der Waals surface area contributed by atoms with E-state index in [-0.39, 0.29) is 24.7 Å². The van der Waals surface area contributed by atoms with Crippen molar-refractivity contribution in [2.24, 2.45) is 0 Å². The molecule has 2 aromatic carbocycles. The van der Waals surface area contributed by atoms with Crippen molar-refractivity contribution in [2.45, 2.75) is 12.8 Å². The van der Waals surface area contributed by atoms with Gasteiger partial charge in [0.1, 0.15) is 12.4 Å². The van der Waals surface area contributed by atoms with Crippen molar-refractivity contribution in [1.29, 1.82) is 0 Å². The van der Waals surface area contributed by atoms with Gasteiger partial charge in [-0.25, -0.2) is 0 Å². The third-order valence-corrected chi connectivity index (χ3v) is 4.44. The average molecular weight is 436 g/mol. The van der Waals surface area contributed by atoms with Gasteiger partial charge in [0.15, 0.2) is 0 Å². The first kappa shape index (κ1) is 16.8. The molecule has 0 bridgehead atoms. The molecule has 0 atom stereocenters. The normalized spacial score (nSPS) is 13.0. The molecule has 0 saturated heterocycles. The zero-order valence-corrected chi connectivity index (χ0v) is 15.2. The van der Waals surface area contributed by atoms with E-state index in [0.29, 0.717) is 18.9 Å². The van der Waals surface area contributed by atoms with E-state index in [1.807, 2.05) is 48.5 Å². The van der Waals surface area contributed by atoms with Gasteiger partial charge < -0.3 is 15.0 Å². The Morgan fingerprint density at radius 1 is 1.08 bits per heavy atom. The van der Waals surface area contributed by atoms with Gasteiger partial charge >= 0.3 is 0 Å². The highest BCUT2D eigenvalue weighted by Crippen LogP contribution is 2.31. The molecule has 0 aliphatic carbocycles. The van der Waals surface area contributed by atoms with E-state index in [1.165, 1.54) is 0 Å². The number of amides is 2. The van der Waals surface area contributed by atoms with E-state index in [9.17, 15) is 9.59 Å². The lowest BCUT2D eigenvalue weighted by atomic mass is 10.2. The van der Waals surface area contributed by atoms with Crippen molar-refractivity contribution in [3.63, 3.8) is 0 Å². The summed E-state index contributed by atoms with van der Waals surface area (Å²) in [6.07, 6.45) is 0.328. The Kier molecular flexibility index (Phi) is 5.34. The van der Waals surface area contributed by atoms with Crippen molar-refractivity contribution in [3.05, 3.63) is 52.1 Å². The van der Waals surface area contributed by atoms with Gasteiger partial charge in [-0.05, 0) is 59.0 Å². The molecule has 6 heteroatoms. The highest BCUT2D eigenvalue weighted by molar-refractivity contribution is 14.1.